The van der Waals surface area contributed by atoms with Crippen LogP contribution >= 0.6 is 0 Å². The minimum absolute atomic E-state index is 0.129. The van der Waals surface area contributed by atoms with Crippen molar-refractivity contribution in [2.24, 2.45) is 0 Å². The van der Waals surface area contributed by atoms with Crippen molar-refractivity contribution in [2.45, 2.75) is 38.5 Å². The molecule has 0 radical (unpaired) electrons. The van der Waals surface area contributed by atoms with Crippen LogP contribution in [0.3, 0.4) is 0 Å². The maximum Gasteiger partial charge on any atom is 0.159 e. The second-order valence-corrected chi connectivity index (χ2v) is 6.74. The summed E-state index contributed by atoms with van der Waals surface area (Å²) in [5.74, 6) is 0.500. The SMILES string of the molecule is CCS(=O)(=O)CCCC(CC1OCCO1)NC. The van der Waals surface area contributed by atoms with Gasteiger partial charge in [0.2, 0.25) is 0 Å². The maximum atomic E-state index is 11.3. The van der Waals surface area contributed by atoms with E-state index in [0.717, 1.165) is 12.8 Å². The quantitative estimate of drug-likeness (QED) is 0.694. The first kappa shape index (κ1) is 14.9. The molecule has 1 rings (SSSR count). The van der Waals surface area contributed by atoms with E-state index in [4.69, 9.17) is 9.47 Å². The first-order valence-corrected chi connectivity index (χ1v) is 8.00. The highest BCUT2D eigenvalue weighted by molar-refractivity contribution is 7.91. The molecule has 1 aliphatic rings. The summed E-state index contributed by atoms with van der Waals surface area (Å²) in [5.41, 5.74) is 0. The number of ether oxygens (including phenoxy) is 2. The molecule has 1 saturated heterocycles. The molecule has 102 valence electrons. The van der Waals surface area contributed by atoms with Gasteiger partial charge in [-0.1, -0.05) is 6.92 Å². The van der Waals surface area contributed by atoms with E-state index in [1.54, 1.807) is 6.92 Å². The van der Waals surface area contributed by atoms with Crippen molar-refractivity contribution < 1.29 is 17.9 Å². The Morgan fingerprint density at radius 2 is 2.00 bits per heavy atom. The van der Waals surface area contributed by atoms with E-state index in [1.165, 1.54) is 0 Å². The highest BCUT2D eigenvalue weighted by Crippen LogP contribution is 2.13. The van der Waals surface area contributed by atoms with E-state index in [0.29, 0.717) is 19.6 Å². The fourth-order valence-corrected chi connectivity index (χ4v) is 2.74. The number of rotatable bonds is 8. The van der Waals surface area contributed by atoms with Crippen LogP contribution in [-0.4, -0.2) is 52.5 Å². The average Bonchev–Trinajstić information content (AvgIpc) is 2.80. The Hall–Kier alpha value is -0.170. The molecule has 6 heteroatoms. The van der Waals surface area contributed by atoms with E-state index in [-0.39, 0.29) is 23.8 Å². The summed E-state index contributed by atoms with van der Waals surface area (Å²) < 4.78 is 33.4. The third kappa shape index (κ3) is 5.81. The molecule has 1 heterocycles. The lowest BCUT2D eigenvalue weighted by atomic mass is 10.1. The third-order valence-corrected chi connectivity index (χ3v) is 4.81. The van der Waals surface area contributed by atoms with Crippen LogP contribution in [0.1, 0.15) is 26.2 Å². The molecular formula is C11H23NO4S. The lowest BCUT2D eigenvalue weighted by Gasteiger charge is -2.19. The molecule has 1 N–H and O–H groups in total. The summed E-state index contributed by atoms with van der Waals surface area (Å²) in [6, 6.07) is 0.255. The predicted molar refractivity (Wildman–Crippen MR) is 66.7 cm³/mol. The molecule has 1 unspecified atom stereocenters. The second kappa shape index (κ2) is 7.31. The summed E-state index contributed by atoms with van der Waals surface area (Å²) in [5, 5.41) is 3.18. The van der Waals surface area contributed by atoms with Gasteiger partial charge in [-0.3, -0.25) is 0 Å². The van der Waals surface area contributed by atoms with Crippen LogP contribution in [-0.2, 0) is 19.3 Å². The standard InChI is InChI=1S/C11H23NO4S/c1-3-17(13,14)8-4-5-10(12-2)9-11-15-6-7-16-11/h10-12H,3-9H2,1-2H3. The molecule has 0 aromatic rings. The topological polar surface area (TPSA) is 64.6 Å². The van der Waals surface area contributed by atoms with Crippen molar-refractivity contribution in [2.75, 3.05) is 31.8 Å². The van der Waals surface area contributed by atoms with Crippen LogP contribution in [0.15, 0.2) is 0 Å². The first-order valence-electron chi connectivity index (χ1n) is 6.18. The van der Waals surface area contributed by atoms with Crippen molar-refractivity contribution in [1.29, 1.82) is 0 Å². The van der Waals surface area contributed by atoms with Crippen molar-refractivity contribution in [3.05, 3.63) is 0 Å². The van der Waals surface area contributed by atoms with Crippen LogP contribution in [0.25, 0.3) is 0 Å². The predicted octanol–water partition coefficient (Wildman–Crippen LogP) is 0.552. The monoisotopic (exact) mass is 265 g/mol. The number of hydrogen-bond donors (Lipinski definition) is 1. The van der Waals surface area contributed by atoms with Gasteiger partial charge in [0.1, 0.15) is 9.84 Å². The van der Waals surface area contributed by atoms with Gasteiger partial charge in [0.05, 0.1) is 19.0 Å². The van der Waals surface area contributed by atoms with E-state index in [9.17, 15) is 8.42 Å². The Kier molecular flexibility index (Phi) is 6.40. The van der Waals surface area contributed by atoms with E-state index < -0.39 is 9.84 Å². The molecule has 1 atom stereocenters. The number of hydrogen-bond acceptors (Lipinski definition) is 5. The van der Waals surface area contributed by atoms with E-state index >= 15 is 0 Å². The zero-order valence-corrected chi connectivity index (χ0v) is 11.5. The Bertz CT molecular complexity index is 299. The van der Waals surface area contributed by atoms with Crippen molar-refractivity contribution >= 4 is 9.84 Å². The van der Waals surface area contributed by atoms with Crippen LogP contribution in [0.2, 0.25) is 0 Å². The van der Waals surface area contributed by atoms with Gasteiger partial charge < -0.3 is 14.8 Å². The van der Waals surface area contributed by atoms with Gasteiger partial charge in [0.15, 0.2) is 6.29 Å². The Morgan fingerprint density at radius 1 is 1.35 bits per heavy atom. The molecule has 17 heavy (non-hydrogen) atoms. The molecule has 0 spiro atoms. The molecular weight excluding hydrogens is 242 g/mol. The van der Waals surface area contributed by atoms with Gasteiger partial charge in [-0.25, -0.2) is 8.42 Å². The smallest absolute Gasteiger partial charge is 0.159 e. The Labute approximate surface area is 104 Å². The highest BCUT2D eigenvalue weighted by atomic mass is 32.2. The molecule has 0 amide bonds. The molecule has 1 aliphatic heterocycles. The van der Waals surface area contributed by atoms with Crippen LogP contribution < -0.4 is 5.32 Å². The molecule has 0 aromatic carbocycles. The first-order chi connectivity index (χ1) is 8.07. The Balaban J connectivity index is 2.22. The summed E-state index contributed by atoms with van der Waals surface area (Å²) >= 11 is 0. The largest absolute Gasteiger partial charge is 0.350 e. The summed E-state index contributed by atoms with van der Waals surface area (Å²) in [6.45, 7) is 3.00. The van der Waals surface area contributed by atoms with Gasteiger partial charge in [-0.2, -0.15) is 0 Å². The number of nitrogens with one attached hydrogen (secondary N) is 1. The number of sulfone groups is 1. The Morgan fingerprint density at radius 3 is 2.53 bits per heavy atom. The fraction of sp³-hybridized carbons (Fsp3) is 1.00. The normalized spacial score (nSPS) is 19.6. The lowest BCUT2D eigenvalue weighted by Crippen LogP contribution is -2.30. The lowest BCUT2D eigenvalue weighted by molar-refractivity contribution is -0.0527. The molecule has 1 fully saturated rings. The van der Waals surface area contributed by atoms with E-state index in [2.05, 4.69) is 5.32 Å². The van der Waals surface area contributed by atoms with Crippen molar-refractivity contribution in [3.8, 4) is 0 Å². The summed E-state index contributed by atoms with van der Waals surface area (Å²) in [6.07, 6.45) is 2.17. The van der Waals surface area contributed by atoms with Gasteiger partial charge in [-0.05, 0) is 19.9 Å². The molecule has 0 bridgehead atoms. The minimum atomic E-state index is -2.84. The van der Waals surface area contributed by atoms with Gasteiger partial charge >= 0.3 is 0 Å². The minimum Gasteiger partial charge on any atom is -0.350 e. The van der Waals surface area contributed by atoms with Gasteiger partial charge in [0, 0.05) is 18.2 Å². The van der Waals surface area contributed by atoms with Gasteiger partial charge in [0.25, 0.3) is 0 Å². The van der Waals surface area contributed by atoms with Crippen LogP contribution in [0, 0.1) is 0 Å². The van der Waals surface area contributed by atoms with Crippen LogP contribution in [0.5, 0.6) is 0 Å². The van der Waals surface area contributed by atoms with Crippen molar-refractivity contribution in [3.63, 3.8) is 0 Å². The van der Waals surface area contributed by atoms with Gasteiger partial charge in [-0.15, -0.1) is 0 Å². The summed E-state index contributed by atoms with van der Waals surface area (Å²) in [4.78, 5) is 0. The highest BCUT2D eigenvalue weighted by Gasteiger charge is 2.20. The molecule has 5 nitrogen and oxygen atoms in total. The van der Waals surface area contributed by atoms with Crippen molar-refractivity contribution in [1.82, 2.24) is 5.32 Å². The molecule has 0 aliphatic carbocycles. The summed E-state index contributed by atoms with van der Waals surface area (Å²) in [7, 11) is -0.958. The molecule has 0 aromatic heterocycles. The zero-order valence-electron chi connectivity index (χ0n) is 10.6. The maximum absolute atomic E-state index is 11.3. The second-order valence-electron chi connectivity index (χ2n) is 4.27. The zero-order chi connectivity index (χ0) is 12.7. The fourth-order valence-electron chi connectivity index (χ4n) is 1.85. The molecule has 0 saturated carbocycles. The van der Waals surface area contributed by atoms with E-state index in [1.807, 2.05) is 7.05 Å². The average molecular weight is 265 g/mol. The van der Waals surface area contributed by atoms with Crippen LogP contribution in [0.4, 0.5) is 0 Å². The third-order valence-electron chi connectivity index (χ3n) is 3.02.